The zero-order valence-corrected chi connectivity index (χ0v) is 20.2. The van der Waals surface area contributed by atoms with Gasteiger partial charge < -0.3 is 5.11 Å². The van der Waals surface area contributed by atoms with Gasteiger partial charge in [0.15, 0.2) is 0 Å². The van der Waals surface area contributed by atoms with E-state index in [9.17, 15) is 22.3 Å². The standard InChI is InChI=1S/C25H28F2N4O3S/c1-19(25(32,16-30-18-28-17-29-30)23-12-9-21(26)15-24(23)27)5-4-6-20-7-10-22(11-8-20)35(33,34)31-13-2-3-14-31/h4,6-12,15,17-19,32H,2-3,5,13-14,16H2,1H3/b6-4+/t19-,25+/m0/s1. The van der Waals surface area contributed by atoms with Crippen molar-refractivity contribution in [3.8, 4) is 0 Å². The van der Waals surface area contributed by atoms with Crippen molar-refractivity contribution in [1.82, 2.24) is 19.1 Å². The van der Waals surface area contributed by atoms with E-state index in [4.69, 9.17) is 0 Å². The minimum absolute atomic E-state index is 0.0215. The summed E-state index contributed by atoms with van der Waals surface area (Å²) in [5.41, 5.74) is -0.902. The molecule has 0 amide bonds. The van der Waals surface area contributed by atoms with E-state index in [-0.39, 0.29) is 17.0 Å². The van der Waals surface area contributed by atoms with Gasteiger partial charge >= 0.3 is 0 Å². The normalized spacial score (nSPS) is 17.6. The van der Waals surface area contributed by atoms with Crippen molar-refractivity contribution in [2.75, 3.05) is 13.1 Å². The maximum atomic E-state index is 14.7. The van der Waals surface area contributed by atoms with Crippen molar-refractivity contribution < 1.29 is 22.3 Å². The first kappa shape index (κ1) is 25.2. The van der Waals surface area contributed by atoms with E-state index in [1.54, 1.807) is 31.2 Å². The molecular formula is C25H28F2N4O3S. The molecule has 10 heteroatoms. The van der Waals surface area contributed by atoms with E-state index in [0.29, 0.717) is 19.5 Å². The molecule has 186 valence electrons. The van der Waals surface area contributed by atoms with Gasteiger partial charge in [0.05, 0.1) is 11.4 Å². The maximum absolute atomic E-state index is 14.7. The van der Waals surface area contributed by atoms with Crippen molar-refractivity contribution in [2.24, 2.45) is 5.92 Å². The van der Waals surface area contributed by atoms with Gasteiger partial charge in [-0.2, -0.15) is 9.40 Å². The predicted molar refractivity (Wildman–Crippen MR) is 128 cm³/mol. The largest absolute Gasteiger partial charge is 0.383 e. The van der Waals surface area contributed by atoms with E-state index in [0.717, 1.165) is 30.5 Å². The quantitative estimate of drug-likeness (QED) is 0.478. The number of aliphatic hydroxyl groups is 1. The molecule has 2 aromatic carbocycles. The third-order valence-corrected chi connectivity index (χ3v) is 8.38. The van der Waals surface area contributed by atoms with Gasteiger partial charge in [0.25, 0.3) is 0 Å². The van der Waals surface area contributed by atoms with Crippen LogP contribution in [0, 0.1) is 17.6 Å². The Morgan fingerprint density at radius 2 is 1.86 bits per heavy atom. The fourth-order valence-corrected chi connectivity index (χ4v) is 5.86. The average molecular weight is 503 g/mol. The number of sulfonamides is 1. The van der Waals surface area contributed by atoms with Gasteiger partial charge in [0.2, 0.25) is 10.0 Å². The van der Waals surface area contributed by atoms with Crippen molar-refractivity contribution in [3.05, 3.63) is 84.0 Å². The van der Waals surface area contributed by atoms with Crippen LogP contribution < -0.4 is 0 Å². The highest BCUT2D eigenvalue weighted by atomic mass is 32.2. The maximum Gasteiger partial charge on any atom is 0.243 e. The minimum atomic E-state index is -3.47. The van der Waals surface area contributed by atoms with Crippen LogP contribution in [0.1, 0.15) is 37.3 Å². The molecule has 4 rings (SSSR count). The Labute approximate surface area is 203 Å². The Balaban J connectivity index is 1.50. The molecule has 0 radical (unpaired) electrons. The lowest BCUT2D eigenvalue weighted by Gasteiger charge is -2.34. The van der Waals surface area contributed by atoms with Crippen molar-refractivity contribution in [1.29, 1.82) is 0 Å². The summed E-state index contributed by atoms with van der Waals surface area (Å²) in [4.78, 5) is 4.14. The fraction of sp³-hybridized carbons (Fsp3) is 0.360. The van der Waals surface area contributed by atoms with Crippen LogP contribution in [0.4, 0.5) is 8.78 Å². The molecule has 7 nitrogen and oxygen atoms in total. The van der Waals surface area contributed by atoms with Crippen LogP contribution in [-0.4, -0.2) is 45.7 Å². The van der Waals surface area contributed by atoms with Crippen molar-refractivity contribution in [2.45, 2.75) is 43.2 Å². The molecule has 1 fully saturated rings. The number of hydrogen-bond acceptors (Lipinski definition) is 5. The predicted octanol–water partition coefficient (Wildman–Crippen LogP) is 3.97. The third kappa shape index (κ3) is 5.50. The average Bonchev–Trinajstić information content (AvgIpc) is 3.54. The topological polar surface area (TPSA) is 88.3 Å². The van der Waals surface area contributed by atoms with Crippen LogP contribution in [0.3, 0.4) is 0 Å². The molecule has 0 spiro atoms. The van der Waals surface area contributed by atoms with Crippen LogP contribution in [0.15, 0.2) is 66.1 Å². The van der Waals surface area contributed by atoms with E-state index >= 15 is 0 Å². The molecule has 1 aliphatic heterocycles. The molecule has 0 aliphatic carbocycles. The number of hydrogen-bond donors (Lipinski definition) is 1. The summed E-state index contributed by atoms with van der Waals surface area (Å²) in [6.07, 6.45) is 8.52. The van der Waals surface area contributed by atoms with Crippen molar-refractivity contribution >= 4 is 16.1 Å². The molecule has 3 aromatic rings. The second-order valence-electron chi connectivity index (χ2n) is 8.86. The van der Waals surface area contributed by atoms with Crippen molar-refractivity contribution in [3.63, 3.8) is 0 Å². The summed E-state index contributed by atoms with van der Waals surface area (Å²) in [7, 11) is -3.47. The third-order valence-electron chi connectivity index (χ3n) is 6.47. The first-order valence-corrected chi connectivity index (χ1v) is 12.9. The molecule has 1 aromatic heterocycles. The van der Waals surface area contributed by atoms with Gasteiger partial charge in [-0.05, 0) is 48.9 Å². The Morgan fingerprint density at radius 1 is 1.14 bits per heavy atom. The molecule has 1 saturated heterocycles. The highest BCUT2D eigenvalue weighted by Gasteiger charge is 2.38. The van der Waals surface area contributed by atoms with E-state index < -0.39 is 33.2 Å². The van der Waals surface area contributed by atoms with Gasteiger partial charge in [0.1, 0.15) is 29.9 Å². The molecule has 35 heavy (non-hydrogen) atoms. The molecule has 2 atom stereocenters. The number of halogens is 2. The van der Waals surface area contributed by atoms with Gasteiger partial charge in [-0.25, -0.2) is 26.9 Å². The number of benzene rings is 2. The monoisotopic (exact) mass is 502 g/mol. The zero-order valence-electron chi connectivity index (χ0n) is 19.4. The van der Waals surface area contributed by atoms with Crippen LogP contribution in [-0.2, 0) is 22.2 Å². The summed E-state index contributed by atoms with van der Waals surface area (Å²) in [6, 6.07) is 9.75. The van der Waals surface area contributed by atoms with E-state index in [1.807, 2.05) is 12.2 Å². The first-order valence-electron chi connectivity index (χ1n) is 11.5. The number of allylic oxidation sites excluding steroid dienone is 1. The summed E-state index contributed by atoms with van der Waals surface area (Å²) in [5.74, 6) is -2.03. The molecule has 1 N–H and O–H groups in total. The van der Waals surface area contributed by atoms with Gasteiger partial charge in [-0.1, -0.05) is 37.3 Å². The molecular weight excluding hydrogens is 474 g/mol. The van der Waals surface area contributed by atoms with Crippen LogP contribution in [0.25, 0.3) is 6.08 Å². The van der Waals surface area contributed by atoms with Crippen LogP contribution in [0.5, 0.6) is 0 Å². The van der Waals surface area contributed by atoms with E-state index in [2.05, 4.69) is 10.1 Å². The smallest absolute Gasteiger partial charge is 0.243 e. The Bertz CT molecular complexity index is 1270. The SMILES string of the molecule is C[C@@H](C/C=C/c1ccc(S(=O)(=O)N2CCCC2)cc1)[C@](O)(Cn1cncn1)c1ccc(F)cc1F. The fourth-order valence-electron chi connectivity index (χ4n) is 4.34. The van der Waals surface area contributed by atoms with Gasteiger partial charge in [-0.3, -0.25) is 0 Å². The Kier molecular flexibility index (Phi) is 7.44. The highest BCUT2D eigenvalue weighted by Crippen LogP contribution is 2.36. The Morgan fingerprint density at radius 3 is 2.49 bits per heavy atom. The van der Waals surface area contributed by atoms with E-state index in [1.165, 1.54) is 27.7 Å². The van der Waals surface area contributed by atoms with Gasteiger partial charge in [-0.15, -0.1) is 0 Å². The molecule has 1 aliphatic rings. The lowest BCUT2D eigenvalue weighted by Crippen LogP contribution is -2.39. The molecule has 2 heterocycles. The zero-order chi connectivity index (χ0) is 25.1. The summed E-state index contributed by atoms with van der Waals surface area (Å²) >= 11 is 0. The summed E-state index contributed by atoms with van der Waals surface area (Å²) in [5, 5.41) is 15.6. The summed E-state index contributed by atoms with van der Waals surface area (Å²) in [6.45, 7) is 2.81. The molecule has 0 saturated carbocycles. The lowest BCUT2D eigenvalue weighted by molar-refractivity contribution is -0.0379. The minimum Gasteiger partial charge on any atom is -0.383 e. The van der Waals surface area contributed by atoms with Crippen LogP contribution >= 0.6 is 0 Å². The van der Waals surface area contributed by atoms with Crippen LogP contribution in [0.2, 0.25) is 0 Å². The number of aromatic nitrogens is 3. The number of nitrogens with zero attached hydrogens (tertiary/aromatic N) is 4. The molecule has 0 bridgehead atoms. The number of rotatable bonds is 9. The molecule has 0 unspecified atom stereocenters. The first-order chi connectivity index (χ1) is 16.7. The second kappa shape index (κ2) is 10.3. The Hall–Kier alpha value is -2.95. The second-order valence-corrected chi connectivity index (χ2v) is 10.8. The van der Waals surface area contributed by atoms with Gasteiger partial charge in [0, 0.05) is 24.7 Å². The lowest BCUT2D eigenvalue weighted by atomic mass is 9.80. The summed E-state index contributed by atoms with van der Waals surface area (Å²) < 4.78 is 56.4. The highest BCUT2D eigenvalue weighted by molar-refractivity contribution is 7.89.